The Morgan fingerprint density at radius 3 is 2.21 bits per heavy atom. The first kappa shape index (κ1) is 14.1. The molecule has 0 bridgehead atoms. The van der Waals surface area contributed by atoms with Crippen LogP contribution in [0.1, 0.15) is 10.4 Å². The van der Waals surface area contributed by atoms with E-state index in [4.69, 9.17) is 5.73 Å². The maximum absolute atomic E-state index is 12.3. The maximum Gasteiger partial charge on any atom is 0.258 e. The van der Waals surface area contributed by atoms with E-state index in [-0.39, 0.29) is 5.91 Å². The van der Waals surface area contributed by atoms with Gasteiger partial charge in [0, 0.05) is 21.6 Å². The van der Waals surface area contributed by atoms with Crippen molar-refractivity contribution in [1.29, 1.82) is 0 Å². The molecule has 5 heteroatoms. The summed E-state index contributed by atoms with van der Waals surface area (Å²) < 4.78 is 1.83. The second-order valence-electron chi connectivity index (χ2n) is 4.07. The topological polar surface area (TPSA) is 46.3 Å². The van der Waals surface area contributed by atoms with Crippen molar-refractivity contribution >= 4 is 49.1 Å². The van der Waals surface area contributed by atoms with E-state index in [1.807, 2.05) is 24.3 Å². The van der Waals surface area contributed by atoms with Gasteiger partial charge >= 0.3 is 0 Å². The molecule has 2 aromatic rings. The highest BCUT2D eigenvalue weighted by atomic mass is 79.9. The maximum atomic E-state index is 12.3. The molecule has 0 saturated carbocycles. The average molecular weight is 384 g/mol. The molecule has 0 spiro atoms. The standard InChI is InChI=1S/C14H12Br2N2O/c1-18(13-7-6-11(16)8-12(13)17)14(19)9-2-4-10(15)5-3-9/h2-8H,17H2,1H3. The summed E-state index contributed by atoms with van der Waals surface area (Å²) in [4.78, 5) is 13.9. The predicted molar refractivity (Wildman–Crippen MR) is 85.4 cm³/mol. The van der Waals surface area contributed by atoms with Crippen molar-refractivity contribution in [3.63, 3.8) is 0 Å². The lowest BCUT2D eigenvalue weighted by Gasteiger charge is -2.19. The van der Waals surface area contributed by atoms with Crippen LogP contribution in [0.5, 0.6) is 0 Å². The number of benzene rings is 2. The van der Waals surface area contributed by atoms with Crippen LogP contribution in [0.2, 0.25) is 0 Å². The lowest BCUT2D eigenvalue weighted by atomic mass is 10.2. The van der Waals surface area contributed by atoms with E-state index >= 15 is 0 Å². The Bertz CT molecular complexity index is 611. The third-order valence-corrected chi connectivity index (χ3v) is 3.77. The number of anilines is 2. The quantitative estimate of drug-likeness (QED) is 0.794. The molecule has 0 aliphatic rings. The van der Waals surface area contributed by atoms with Gasteiger partial charge in [0.2, 0.25) is 0 Å². The Morgan fingerprint density at radius 1 is 1.05 bits per heavy atom. The summed E-state index contributed by atoms with van der Waals surface area (Å²) >= 11 is 6.69. The van der Waals surface area contributed by atoms with Crippen LogP contribution in [-0.2, 0) is 0 Å². The fourth-order valence-electron chi connectivity index (χ4n) is 1.73. The third kappa shape index (κ3) is 3.16. The molecule has 0 aliphatic heterocycles. The van der Waals surface area contributed by atoms with Gasteiger partial charge < -0.3 is 10.6 Å². The van der Waals surface area contributed by atoms with E-state index in [2.05, 4.69) is 31.9 Å². The molecule has 2 N–H and O–H groups in total. The zero-order valence-electron chi connectivity index (χ0n) is 10.2. The second-order valence-corrected chi connectivity index (χ2v) is 5.91. The molecule has 0 heterocycles. The van der Waals surface area contributed by atoms with Gasteiger partial charge in [0.15, 0.2) is 0 Å². The molecule has 2 rings (SSSR count). The Balaban J connectivity index is 2.30. The number of carbonyl (C=O) groups excluding carboxylic acids is 1. The molecule has 0 fully saturated rings. The van der Waals surface area contributed by atoms with E-state index in [0.29, 0.717) is 16.9 Å². The van der Waals surface area contributed by atoms with E-state index in [1.54, 1.807) is 30.1 Å². The first-order chi connectivity index (χ1) is 8.99. The van der Waals surface area contributed by atoms with Crippen LogP contribution in [0.25, 0.3) is 0 Å². The van der Waals surface area contributed by atoms with Gasteiger partial charge in [-0.3, -0.25) is 4.79 Å². The zero-order valence-corrected chi connectivity index (χ0v) is 13.4. The van der Waals surface area contributed by atoms with Crippen LogP contribution >= 0.6 is 31.9 Å². The SMILES string of the molecule is CN(C(=O)c1ccc(Br)cc1)c1ccc(Br)cc1N. The summed E-state index contributed by atoms with van der Waals surface area (Å²) in [6.45, 7) is 0. The summed E-state index contributed by atoms with van der Waals surface area (Å²) in [7, 11) is 1.71. The van der Waals surface area contributed by atoms with E-state index in [1.165, 1.54) is 0 Å². The summed E-state index contributed by atoms with van der Waals surface area (Å²) in [5.74, 6) is -0.0958. The minimum atomic E-state index is -0.0958. The first-order valence-corrected chi connectivity index (χ1v) is 7.16. The average Bonchev–Trinajstić information content (AvgIpc) is 2.38. The fourth-order valence-corrected chi connectivity index (χ4v) is 2.37. The summed E-state index contributed by atoms with van der Waals surface area (Å²) in [5, 5.41) is 0. The smallest absolute Gasteiger partial charge is 0.258 e. The van der Waals surface area contributed by atoms with Crippen LogP contribution in [0, 0.1) is 0 Å². The molecule has 0 unspecified atom stereocenters. The van der Waals surface area contributed by atoms with Crippen LogP contribution in [-0.4, -0.2) is 13.0 Å². The highest BCUT2D eigenvalue weighted by Crippen LogP contribution is 2.27. The largest absolute Gasteiger partial charge is 0.397 e. The van der Waals surface area contributed by atoms with Crippen LogP contribution in [0.4, 0.5) is 11.4 Å². The van der Waals surface area contributed by atoms with E-state index in [9.17, 15) is 4.79 Å². The molecule has 2 aromatic carbocycles. The summed E-state index contributed by atoms with van der Waals surface area (Å²) in [6.07, 6.45) is 0. The number of nitrogens with two attached hydrogens (primary N) is 1. The van der Waals surface area contributed by atoms with Gasteiger partial charge in [-0.25, -0.2) is 0 Å². The van der Waals surface area contributed by atoms with Crippen LogP contribution in [0.15, 0.2) is 51.4 Å². The van der Waals surface area contributed by atoms with Gasteiger partial charge in [-0.1, -0.05) is 31.9 Å². The highest BCUT2D eigenvalue weighted by molar-refractivity contribution is 9.10. The molecular formula is C14H12Br2N2O. The molecule has 1 amide bonds. The Labute approximate surface area is 128 Å². The lowest BCUT2D eigenvalue weighted by Crippen LogP contribution is -2.26. The second kappa shape index (κ2) is 5.75. The van der Waals surface area contributed by atoms with Crippen molar-refractivity contribution in [2.24, 2.45) is 0 Å². The van der Waals surface area contributed by atoms with Crippen molar-refractivity contribution in [3.05, 3.63) is 57.0 Å². The predicted octanol–water partition coefficient (Wildman–Crippen LogP) is 4.07. The Kier molecular flexibility index (Phi) is 4.27. The molecule has 0 atom stereocenters. The molecule has 0 aliphatic carbocycles. The monoisotopic (exact) mass is 382 g/mol. The highest BCUT2D eigenvalue weighted by Gasteiger charge is 2.15. The zero-order chi connectivity index (χ0) is 14.0. The summed E-state index contributed by atoms with van der Waals surface area (Å²) in [5.41, 5.74) is 7.80. The van der Waals surface area contributed by atoms with E-state index < -0.39 is 0 Å². The van der Waals surface area contributed by atoms with Crippen molar-refractivity contribution in [2.45, 2.75) is 0 Å². The minimum Gasteiger partial charge on any atom is -0.397 e. The van der Waals surface area contributed by atoms with Gasteiger partial charge in [0.05, 0.1) is 11.4 Å². The molecule has 3 nitrogen and oxygen atoms in total. The molecular weight excluding hydrogens is 372 g/mol. The van der Waals surface area contributed by atoms with Crippen LogP contribution < -0.4 is 10.6 Å². The van der Waals surface area contributed by atoms with Crippen molar-refractivity contribution in [2.75, 3.05) is 17.7 Å². The number of rotatable bonds is 2. The Morgan fingerprint density at radius 2 is 1.63 bits per heavy atom. The summed E-state index contributed by atoms with van der Waals surface area (Å²) in [6, 6.07) is 12.7. The van der Waals surface area contributed by atoms with Crippen molar-refractivity contribution in [3.8, 4) is 0 Å². The molecule has 0 aromatic heterocycles. The number of nitrogens with zero attached hydrogens (tertiary/aromatic N) is 1. The molecule has 0 radical (unpaired) electrons. The number of halogens is 2. The number of hydrogen-bond donors (Lipinski definition) is 1. The van der Waals surface area contributed by atoms with Gasteiger partial charge in [-0.05, 0) is 42.5 Å². The number of carbonyl (C=O) groups is 1. The van der Waals surface area contributed by atoms with Gasteiger partial charge in [-0.2, -0.15) is 0 Å². The first-order valence-electron chi connectivity index (χ1n) is 5.57. The molecule has 0 saturated heterocycles. The number of amides is 1. The minimum absolute atomic E-state index is 0.0958. The lowest BCUT2D eigenvalue weighted by molar-refractivity contribution is 0.0993. The fraction of sp³-hybridized carbons (Fsp3) is 0.0714. The number of nitrogen functional groups attached to an aromatic ring is 1. The third-order valence-electron chi connectivity index (χ3n) is 2.75. The Hall–Kier alpha value is -1.33. The van der Waals surface area contributed by atoms with Gasteiger partial charge in [0.25, 0.3) is 5.91 Å². The molecule has 98 valence electrons. The molecule has 19 heavy (non-hydrogen) atoms. The normalized spacial score (nSPS) is 10.3. The van der Waals surface area contributed by atoms with Gasteiger partial charge in [0.1, 0.15) is 0 Å². The van der Waals surface area contributed by atoms with E-state index in [0.717, 1.165) is 8.95 Å². The van der Waals surface area contributed by atoms with Gasteiger partial charge in [-0.15, -0.1) is 0 Å². The van der Waals surface area contributed by atoms with Crippen LogP contribution in [0.3, 0.4) is 0 Å². The number of hydrogen-bond acceptors (Lipinski definition) is 2. The van der Waals surface area contributed by atoms with Crippen molar-refractivity contribution < 1.29 is 4.79 Å². The van der Waals surface area contributed by atoms with Crippen molar-refractivity contribution in [1.82, 2.24) is 0 Å².